The third-order valence-electron chi connectivity index (χ3n) is 5.13. The van der Waals surface area contributed by atoms with Gasteiger partial charge in [-0.1, -0.05) is 23.7 Å². The standard InChI is InChI=1S/C22H28ClN3O3/c1-25(2)19-7-3-17(4-8-19)21(26-11-13-28-14-12-26)15-24-22(27)16-29-20-9-5-18(23)6-10-20/h3-10,21H,11-16H2,1-2H3,(H,24,27)/p+1/t21-/m0/s1. The van der Waals surface area contributed by atoms with Crippen LogP contribution in [0.1, 0.15) is 11.6 Å². The molecule has 29 heavy (non-hydrogen) atoms. The van der Waals surface area contributed by atoms with Gasteiger partial charge in [0.2, 0.25) is 0 Å². The lowest BCUT2D eigenvalue weighted by atomic mass is 10.0. The molecule has 1 aliphatic rings. The van der Waals surface area contributed by atoms with Crippen molar-refractivity contribution in [1.29, 1.82) is 0 Å². The van der Waals surface area contributed by atoms with E-state index in [4.69, 9.17) is 21.1 Å². The molecule has 6 nitrogen and oxygen atoms in total. The van der Waals surface area contributed by atoms with E-state index in [0.717, 1.165) is 32.0 Å². The number of carbonyl (C=O) groups is 1. The maximum atomic E-state index is 12.3. The summed E-state index contributed by atoms with van der Waals surface area (Å²) in [4.78, 5) is 15.8. The molecule has 3 rings (SSSR count). The average Bonchev–Trinajstić information content (AvgIpc) is 2.74. The largest absolute Gasteiger partial charge is 0.484 e. The van der Waals surface area contributed by atoms with Crippen molar-refractivity contribution in [2.24, 2.45) is 0 Å². The Bertz CT molecular complexity index is 775. The summed E-state index contributed by atoms with van der Waals surface area (Å²) >= 11 is 5.87. The summed E-state index contributed by atoms with van der Waals surface area (Å²) in [6.07, 6.45) is 0. The molecular weight excluding hydrogens is 390 g/mol. The number of hydrogen-bond donors (Lipinski definition) is 2. The number of hydrogen-bond acceptors (Lipinski definition) is 4. The van der Waals surface area contributed by atoms with E-state index in [0.29, 0.717) is 17.3 Å². The molecule has 0 spiro atoms. The van der Waals surface area contributed by atoms with Gasteiger partial charge in [0.15, 0.2) is 6.61 Å². The molecule has 2 N–H and O–H groups in total. The van der Waals surface area contributed by atoms with Crippen molar-refractivity contribution in [3.63, 3.8) is 0 Å². The van der Waals surface area contributed by atoms with Crippen molar-refractivity contribution in [3.8, 4) is 5.75 Å². The third-order valence-corrected chi connectivity index (χ3v) is 5.38. The van der Waals surface area contributed by atoms with Gasteiger partial charge in [0.05, 0.1) is 19.8 Å². The first-order valence-electron chi connectivity index (χ1n) is 9.87. The minimum atomic E-state index is -0.137. The van der Waals surface area contributed by atoms with Gasteiger partial charge in [-0.05, 0) is 36.4 Å². The van der Waals surface area contributed by atoms with Crippen molar-refractivity contribution in [3.05, 3.63) is 59.1 Å². The quantitative estimate of drug-likeness (QED) is 0.683. The highest BCUT2D eigenvalue weighted by atomic mass is 35.5. The first-order chi connectivity index (χ1) is 14.0. The van der Waals surface area contributed by atoms with Gasteiger partial charge in [-0.3, -0.25) is 4.79 Å². The number of amides is 1. The smallest absolute Gasteiger partial charge is 0.258 e. The fraction of sp³-hybridized carbons (Fsp3) is 0.409. The molecule has 1 heterocycles. The molecule has 1 aliphatic heterocycles. The molecule has 1 atom stereocenters. The first kappa shape index (κ1) is 21.4. The summed E-state index contributed by atoms with van der Waals surface area (Å²) in [6, 6.07) is 15.7. The van der Waals surface area contributed by atoms with Crippen LogP contribution in [0, 0.1) is 0 Å². The van der Waals surface area contributed by atoms with Gasteiger partial charge in [-0.15, -0.1) is 0 Å². The highest BCUT2D eigenvalue weighted by molar-refractivity contribution is 6.30. The predicted octanol–water partition coefficient (Wildman–Crippen LogP) is 1.56. The van der Waals surface area contributed by atoms with Crippen LogP contribution in [0.25, 0.3) is 0 Å². The van der Waals surface area contributed by atoms with Crippen LogP contribution in [0.15, 0.2) is 48.5 Å². The van der Waals surface area contributed by atoms with Crippen molar-refractivity contribution in [2.45, 2.75) is 6.04 Å². The number of rotatable bonds is 8. The van der Waals surface area contributed by atoms with Gasteiger partial charge >= 0.3 is 0 Å². The zero-order valence-corrected chi connectivity index (χ0v) is 17.7. The van der Waals surface area contributed by atoms with E-state index in [1.54, 1.807) is 24.3 Å². The summed E-state index contributed by atoms with van der Waals surface area (Å²) in [6.45, 7) is 3.88. The van der Waals surface area contributed by atoms with Crippen molar-refractivity contribution >= 4 is 23.2 Å². The zero-order valence-electron chi connectivity index (χ0n) is 17.0. The van der Waals surface area contributed by atoms with Crippen LogP contribution < -0.4 is 19.9 Å². The molecule has 0 saturated carbocycles. The molecule has 2 aromatic carbocycles. The number of halogens is 1. The van der Waals surface area contributed by atoms with E-state index in [2.05, 4.69) is 34.5 Å². The molecule has 0 bridgehead atoms. The summed E-state index contributed by atoms with van der Waals surface area (Å²) in [5, 5.41) is 3.67. The molecule has 0 unspecified atom stereocenters. The number of morpholine rings is 1. The van der Waals surface area contributed by atoms with Crippen LogP contribution in [0.4, 0.5) is 5.69 Å². The van der Waals surface area contributed by atoms with E-state index in [1.165, 1.54) is 10.5 Å². The number of anilines is 1. The van der Waals surface area contributed by atoms with Gasteiger partial charge in [-0.2, -0.15) is 0 Å². The number of ether oxygens (including phenoxy) is 2. The van der Waals surface area contributed by atoms with Crippen LogP contribution in [-0.2, 0) is 9.53 Å². The molecule has 1 saturated heterocycles. The highest BCUT2D eigenvalue weighted by Gasteiger charge is 2.27. The monoisotopic (exact) mass is 418 g/mol. The molecular formula is C22H29ClN3O3+. The summed E-state index contributed by atoms with van der Waals surface area (Å²) in [5.74, 6) is 0.488. The van der Waals surface area contributed by atoms with Crippen LogP contribution >= 0.6 is 11.6 Å². The summed E-state index contributed by atoms with van der Waals surface area (Å²) in [5.41, 5.74) is 2.37. The molecule has 7 heteroatoms. The Hall–Kier alpha value is -2.28. The van der Waals surface area contributed by atoms with E-state index < -0.39 is 0 Å². The van der Waals surface area contributed by atoms with Gasteiger partial charge < -0.3 is 24.6 Å². The van der Waals surface area contributed by atoms with Crippen LogP contribution in [0.5, 0.6) is 5.75 Å². The topological polar surface area (TPSA) is 55.2 Å². The maximum absolute atomic E-state index is 12.3. The number of benzene rings is 2. The fourth-order valence-electron chi connectivity index (χ4n) is 3.43. The molecule has 1 amide bonds. The Labute approximate surface area is 177 Å². The lowest BCUT2D eigenvalue weighted by Gasteiger charge is -2.32. The molecule has 2 aromatic rings. The van der Waals surface area contributed by atoms with Crippen molar-refractivity contribution in [2.75, 3.05) is 58.5 Å². The molecule has 1 fully saturated rings. The molecule has 156 valence electrons. The van der Waals surface area contributed by atoms with Gasteiger partial charge in [-0.25, -0.2) is 0 Å². The SMILES string of the molecule is CN(C)c1ccc([C@H](CNC(=O)COc2ccc(Cl)cc2)[NH+]2CCOCC2)cc1. The molecule has 0 radical (unpaired) electrons. The van der Waals surface area contributed by atoms with Crippen LogP contribution in [0.2, 0.25) is 5.02 Å². The second-order valence-corrected chi connectivity index (χ2v) is 7.79. The Morgan fingerprint density at radius 3 is 2.41 bits per heavy atom. The number of nitrogens with zero attached hydrogens (tertiary/aromatic N) is 1. The van der Waals surface area contributed by atoms with Gasteiger partial charge in [0.1, 0.15) is 24.9 Å². The van der Waals surface area contributed by atoms with E-state index in [-0.39, 0.29) is 18.6 Å². The third kappa shape index (κ3) is 6.35. The number of carbonyl (C=O) groups excluding carboxylic acids is 1. The maximum Gasteiger partial charge on any atom is 0.258 e. The zero-order chi connectivity index (χ0) is 20.6. The lowest BCUT2D eigenvalue weighted by molar-refractivity contribution is -0.937. The Balaban J connectivity index is 1.60. The van der Waals surface area contributed by atoms with E-state index in [9.17, 15) is 4.79 Å². The van der Waals surface area contributed by atoms with E-state index >= 15 is 0 Å². The number of nitrogens with one attached hydrogen (secondary N) is 2. The van der Waals surface area contributed by atoms with E-state index in [1.807, 2.05) is 14.1 Å². The average molecular weight is 419 g/mol. The van der Waals surface area contributed by atoms with Crippen molar-refractivity contribution < 1.29 is 19.2 Å². The predicted molar refractivity (Wildman–Crippen MR) is 115 cm³/mol. The van der Waals surface area contributed by atoms with Crippen LogP contribution in [-0.4, -0.2) is 59.5 Å². The first-order valence-corrected chi connectivity index (χ1v) is 10.3. The molecule has 0 aromatic heterocycles. The summed E-state index contributed by atoms with van der Waals surface area (Å²) in [7, 11) is 4.06. The summed E-state index contributed by atoms with van der Waals surface area (Å²) < 4.78 is 11.1. The normalized spacial score (nSPS) is 15.6. The number of quaternary nitrogens is 1. The highest BCUT2D eigenvalue weighted by Crippen LogP contribution is 2.17. The Morgan fingerprint density at radius 2 is 1.79 bits per heavy atom. The lowest BCUT2D eigenvalue weighted by Crippen LogP contribution is -3.15. The fourth-order valence-corrected chi connectivity index (χ4v) is 3.56. The molecule has 0 aliphatic carbocycles. The second kappa shape index (κ2) is 10.5. The Kier molecular flexibility index (Phi) is 7.75. The second-order valence-electron chi connectivity index (χ2n) is 7.36. The van der Waals surface area contributed by atoms with Crippen molar-refractivity contribution in [1.82, 2.24) is 5.32 Å². The minimum absolute atomic E-state index is 0.0215. The van der Waals surface area contributed by atoms with Gasteiger partial charge in [0.25, 0.3) is 5.91 Å². The van der Waals surface area contributed by atoms with Crippen LogP contribution in [0.3, 0.4) is 0 Å². The Morgan fingerprint density at radius 1 is 1.14 bits per heavy atom. The van der Waals surface area contributed by atoms with Gasteiger partial charge in [0, 0.05) is 30.4 Å². The minimum Gasteiger partial charge on any atom is -0.484 e.